The third-order valence-electron chi connectivity index (χ3n) is 4.56. The van der Waals surface area contributed by atoms with Gasteiger partial charge in [-0.25, -0.2) is 4.98 Å². The number of nitrogens with one attached hydrogen (secondary N) is 2. The molecule has 0 spiro atoms. The summed E-state index contributed by atoms with van der Waals surface area (Å²) >= 11 is 5.90. The van der Waals surface area contributed by atoms with Gasteiger partial charge in [0.1, 0.15) is 12.1 Å². The molecule has 2 N–H and O–H groups in total. The van der Waals surface area contributed by atoms with Crippen molar-refractivity contribution in [2.75, 3.05) is 7.11 Å². The fourth-order valence-electron chi connectivity index (χ4n) is 3.04. The minimum Gasteiger partial charge on any atom is -0.496 e. The van der Waals surface area contributed by atoms with Gasteiger partial charge in [-0.3, -0.25) is 25.0 Å². The van der Waals surface area contributed by atoms with Gasteiger partial charge in [-0.05, 0) is 54.6 Å². The van der Waals surface area contributed by atoms with Crippen LogP contribution in [0.15, 0.2) is 73.1 Å². The second-order valence-electron chi connectivity index (χ2n) is 6.40. The number of benzene rings is 3. The molecule has 0 saturated heterocycles. The highest BCUT2D eigenvalue weighted by Crippen LogP contribution is 2.23. The number of aromatic nitrogens is 2. The summed E-state index contributed by atoms with van der Waals surface area (Å²) in [6.45, 7) is 0. The Morgan fingerprint density at radius 1 is 0.967 bits per heavy atom. The molecule has 0 fully saturated rings. The van der Waals surface area contributed by atoms with Gasteiger partial charge in [-0.1, -0.05) is 23.7 Å². The van der Waals surface area contributed by atoms with Gasteiger partial charge in [0.2, 0.25) is 0 Å². The number of hydrogen-bond donors (Lipinski definition) is 2. The van der Waals surface area contributed by atoms with E-state index in [0.717, 1.165) is 16.7 Å². The van der Waals surface area contributed by atoms with Gasteiger partial charge in [0.25, 0.3) is 11.8 Å². The Hall–Kier alpha value is -3.84. The van der Waals surface area contributed by atoms with Crippen LogP contribution >= 0.6 is 11.6 Å². The molecule has 4 aromatic rings. The summed E-state index contributed by atoms with van der Waals surface area (Å²) < 4.78 is 7.09. The number of nitrogens with zero attached hydrogens (tertiary/aromatic N) is 2. The molecule has 8 heteroatoms. The molecule has 0 aliphatic heterocycles. The number of hydrogen-bond acceptors (Lipinski definition) is 4. The quantitative estimate of drug-likeness (QED) is 0.492. The SMILES string of the molecule is COc1cc(Cl)ccc1C(=O)NNC(=O)c1ccc(-n2cnc3ccccc32)cc1. The van der Waals surface area contributed by atoms with Gasteiger partial charge in [-0.2, -0.15) is 0 Å². The standard InChI is InChI=1S/C22H17ClN4O3/c1-30-20-12-15(23)8-11-17(20)22(29)26-25-21(28)14-6-9-16(10-7-14)27-13-24-18-4-2-3-5-19(18)27/h2-13H,1H3,(H,25,28)(H,26,29). The van der Waals surface area contributed by atoms with Gasteiger partial charge < -0.3 is 4.74 Å². The van der Waals surface area contributed by atoms with Crippen LogP contribution in [0.2, 0.25) is 5.02 Å². The molecule has 1 aromatic heterocycles. The minimum atomic E-state index is -0.515. The van der Waals surface area contributed by atoms with Crippen molar-refractivity contribution in [3.63, 3.8) is 0 Å². The summed E-state index contributed by atoms with van der Waals surface area (Å²) in [4.78, 5) is 29.1. The van der Waals surface area contributed by atoms with E-state index in [0.29, 0.717) is 16.3 Å². The molecule has 0 radical (unpaired) electrons. The van der Waals surface area contributed by atoms with Gasteiger partial charge in [-0.15, -0.1) is 0 Å². The minimum absolute atomic E-state index is 0.254. The van der Waals surface area contributed by atoms with Crippen LogP contribution < -0.4 is 15.6 Å². The highest BCUT2D eigenvalue weighted by molar-refractivity contribution is 6.30. The van der Waals surface area contributed by atoms with E-state index < -0.39 is 11.8 Å². The molecule has 0 unspecified atom stereocenters. The molecule has 0 bridgehead atoms. The smallest absolute Gasteiger partial charge is 0.273 e. The van der Waals surface area contributed by atoms with Crippen molar-refractivity contribution >= 4 is 34.4 Å². The van der Waals surface area contributed by atoms with Gasteiger partial charge in [0, 0.05) is 16.3 Å². The zero-order valence-corrected chi connectivity index (χ0v) is 16.7. The summed E-state index contributed by atoms with van der Waals surface area (Å²) in [6.07, 6.45) is 1.74. The Labute approximate surface area is 177 Å². The number of fused-ring (bicyclic) bond motifs is 1. The van der Waals surface area contributed by atoms with Crippen LogP contribution in [0.5, 0.6) is 5.75 Å². The number of hydrazine groups is 1. The Morgan fingerprint density at radius 2 is 1.70 bits per heavy atom. The van der Waals surface area contributed by atoms with Crippen LogP contribution in [0.25, 0.3) is 16.7 Å². The van der Waals surface area contributed by atoms with Crippen molar-refractivity contribution in [1.29, 1.82) is 0 Å². The van der Waals surface area contributed by atoms with Gasteiger partial charge in [0.15, 0.2) is 0 Å². The molecule has 4 rings (SSSR count). The van der Waals surface area contributed by atoms with E-state index in [-0.39, 0.29) is 5.56 Å². The fraction of sp³-hybridized carbons (Fsp3) is 0.0455. The highest BCUT2D eigenvalue weighted by Gasteiger charge is 2.14. The van der Waals surface area contributed by atoms with Crippen molar-refractivity contribution in [1.82, 2.24) is 20.4 Å². The van der Waals surface area contributed by atoms with Crippen LogP contribution in [0.4, 0.5) is 0 Å². The molecule has 0 aliphatic rings. The monoisotopic (exact) mass is 420 g/mol. The first-order valence-corrected chi connectivity index (χ1v) is 9.41. The maximum atomic E-state index is 12.4. The Balaban J connectivity index is 1.45. The Morgan fingerprint density at radius 3 is 2.47 bits per heavy atom. The molecule has 3 aromatic carbocycles. The second-order valence-corrected chi connectivity index (χ2v) is 6.84. The average molecular weight is 421 g/mol. The van der Waals surface area contributed by atoms with E-state index in [2.05, 4.69) is 15.8 Å². The number of halogens is 1. The highest BCUT2D eigenvalue weighted by atomic mass is 35.5. The maximum Gasteiger partial charge on any atom is 0.273 e. The second kappa shape index (κ2) is 8.26. The van der Waals surface area contributed by atoms with Crippen molar-refractivity contribution in [2.45, 2.75) is 0 Å². The number of rotatable bonds is 4. The number of imidazole rings is 1. The van der Waals surface area contributed by atoms with Crippen LogP contribution in [-0.4, -0.2) is 28.5 Å². The lowest BCUT2D eigenvalue weighted by molar-refractivity contribution is 0.0845. The molecule has 0 saturated carbocycles. The van der Waals surface area contributed by atoms with Crippen LogP contribution in [0, 0.1) is 0 Å². The van der Waals surface area contributed by atoms with E-state index in [1.165, 1.54) is 19.2 Å². The number of ether oxygens (including phenoxy) is 1. The molecule has 0 atom stereocenters. The summed E-state index contributed by atoms with van der Waals surface area (Å²) in [5.74, 6) is -0.650. The maximum absolute atomic E-state index is 12.4. The third-order valence-corrected chi connectivity index (χ3v) is 4.79. The Bertz CT molecular complexity index is 1230. The fourth-order valence-corrected chi connectivity index (χ4v) is 3.21. The van der Waals surface area contributed by atoms with Crippen molar-refractivity contribution in [2.24, 2.45) is 0 Å². The molecule has 1 heterocycles. The van der Waals surface area contributed by atoms with Gasteiger partial charge in [0.05, 0.1) is 23.7 Å². The molecule has 7 nitrogen and oxygen atoms in total. The molecule has 2 amide bonds. The molecular weight excluding hydrogens is 404 g/mol. The largest absolute Gasteiger partial charge is 0.496 e. The topological polar surface area (TPSA) is 85.3 Å². The van der Waals surface area contributed by atoms with Crippen LogP contribution in [0.1, 0.15) is 20.7 Å². The van der Waals surface area contributed by atoms with Crippen molar-refractivity contribution in [3.8, 4) is 11.4 Å². The zero-order chi connectivity index (χ0) is 21.1. The molecular formula is C22H17ClN4O3. The summed E-state index contributed by atoms with van der Waals surface area (Å²) in [7, 11) is 1.44. The first kappa shape index (κ1) is 19.5. The first-order valence-electron chi connectivity index (χ1n) is 9.03. The van der Waals surface area contributed by atoms with E-state index >= 15 is 0 Å². The first-order chi connectivity index (χ1) is 14.6. The van der Waals surface area contributed by atoms with E-state index in [9.17, 15) is 9.59 Å². The summed E-state index contributed by atoms with van der Waals surface area (Å²) in [5, 5.41) is 0.443. The van der Waals surface area contributed by atoms with E-state index in [4.69, 9.17) is 16.3 Å². The summed E-state index contributed by atoms with van der Waals surface area (Å²) in [5.41, 5.74) is 8.16. The third kappa shape index (κ3) is 3.83. The predicted molar refractivity (Wildman–Crippen MR) is 114 cm³/mol. The van der Waals surface area contributed by atoms with E-state index in [1.54, 1.807) is 24.5 Å². The average Bonchev–Trinajstić information content (AvgIpc) is 3.21. The normalized spacial score (nSPS) is 10.6. The lowest BCUT2D eigenvalue weighted by Gasteiger charge is -2.11. The number of para-hydroxylation sites is 2. The van der Waals surface area contributed by atoms with Gasteiger partial charge >= 0.3 is 0 Å². The molecule has 30 heavy (non-hydrogen) atoms. The van der Waals surface area contributed by atoms with E-state index in [1.807, 2.05) is 41.0 Å². The predicted octanol–water partition coefficient (Wildman–Crippen LogP) is 3.76. The van der Waals surface area contributed by atoms with Crippen LogP contribution in [-0.2, 0) is 0 Å². The number of methoxy groups -OCH3 is 1. The Kier molecular flexibility index (Phi) is 5.36. The summed E-state index contributed by atoms with van der Waals surface area (Å²) in [6, 6.07) is 19.4. The van der Waals surface area contributed by atoms with Crippen molar-refractivity contribution < 1.29 is 14.3 Å². The lowest BCUT2D eigenvalue weighted by atomic mass is 10.2. The molecule has 0 aliphatic carbocycles. The molecule has 150 valence electrons. The number of carbonyl (C=O) groups is 2. The lowest BCUT2D eigenvalue weighted by Crippen LogP contribution is -2.41. The zero-order valence-electron chi connectivity index (χ0n) is 15.9. The van der Waals surface area contributed by atoms with Crippen LogP contribution in [0.3, 0.4) is 0 Å². The number of amides is 2. The number of carbonyl (C=O) groups excluding carboxylic acids is 2. The van der Waals surface area contributed by atoms with Crippen molar-refractivity contribution in [3.05, 3.63) is 89.2 Å².